The molecule has 0 unspecified atom stereocenters. The quantitative estimate of drug-likeness (QED) is 0.809. The molecule has 1 aromatic carbocycles. The number of halogens is 2. The predicted molar refractivity (Wildman–Crippen MR) is 88.2 cm³/mol. The monoisotopic (exact) mass is 405 g/mol. The highest BCUT2D eigenvalue weighted by Gasteiger charge is 2.19. The van der Waals surface area contributed by atoms with Crippen molar-refractivity contribution in [2.45, 2.75) is 25.9 Å². The number of rotatable bonds is 5. The Morgan fingerprint density at radius 1 is 1.45 bits per heavy atom. The van der Waals surface area contributed by atoms with Gasteiger partial charge < -0.3 is 14.7 Å². The minimum Gasteiger partial charge on any atom is -0.490 e. The average molecular weight is 407 g/mol. The summed E-state index contributed by atoms with van der Waals surface area (Å²) >= 11 is 6.86. The summed E-state index contributed by atoms with van der Waals surface area (Å²) in [5, 5.41) is 10.1. The van der Waals surface area contributed by atoms with E-state index < -0.39 is 6.10 Å². The van der Waals surface area contributed by atoms with Crippen molar-refractivity contribution < 1.29 is 9.84 Å². The van der Waals surface area contributed by atoms with Gasteiger partial charge >= 0.3 is 0 Å². The zero-order chi connectivity index (χ0) is 14.5. The number of hydrogen-bond donors (Lipinski definition) is 1. The van der Waals surface area contributed by atoms with Crippen molar-refractivity contribution in [3.8, 4) is 5.75 Å². The Kier molecular flexibility index (Phi) is 6.33. The molecule has 0 bridgehead atoms. The lowest BCUT2D eigenvalue weighted by Crippen LogP contribution is -2.41. The summed E-state index contributed by atoms with van der Waals surface area (Å²) in [5.41, 5.74) is 0. The van der Waals surface area contributed by atoms with Crippen molar-refractivity contribution in [1.82, 2.24) is 4.90 Å². The summed E-state index contributed by atoms with van der Waals surface area (Å²) in [4.78, 5) is 2.33. The summed E-state index contributed by atoms with van der Waals surface area (Å²) in [6.07, 6.45) is 2.08. The van der Waals surface area contributed by atoms with Crippen LogP contribution in [0.5, 0.6) is 5.75 Å². The lowest BCUT2D eigenvalue weighted by molar-refractivity contribution is 0.0535. The number of hydrogen-bond acceptors (Lipinski definition) is 3. The van der Waals surface area contributed by atoms with Gasteiger partial charge in [-0.1, -0.05) is 22.9 Å². The minimum atomic E-state index is -0.448. The molecule has 5 heteroatoms. The molecule has 0 radical (unpaired) electrons. The first-order valence-electron chi connectivity index (χ1n) is 7.03. The van der Waals surface area contributed by atoms with Gasteiger partial charge in [-0.3, -0.25) is 0 Å². The van der Waals surface area contributed by atoms with E-state index >= 15 is 0 Å². The molecule has 2 atom stereocenters. The van der Waals surface area contributed by atoms with Gasteiger partial charge in [-0.25, -0.2) is 0 Å². The van der Waals surface area contributed by atoms with Gasteiger partial charge in [0.2, 0.25) is 0 Å². The first-order valence-corrected chi connectivity index (χ1v) is 8.61. The fraction of sp³-hybridized carbons (Fsp3) is 0.600. The molecule has 0 aliphatic carbocycles. The second-order valence-corrected chi connectivity index (χ2v) is 7.32. The molecule has 0 saturated carbocycles. The molecule has 2 rings (SSSR count). The molecule has 1 aliphatic heterocycles. The molecular weight excluding hydrogens is 386 g/mol. The number of β-amino-alcohol motifs (C(OH)–C–C–N with tert-alkyl or cyclic N) is 1. The number of piperidine rings is 1. The van der Waals surface area contributed by atoms with Gasteiger partial charge in [0.05, 0.1) is 4.47 Å². The topological polar surface area (TPSA) is 32.7 Å². The Balaban J connectivity index is 1.78. The van der Waals surface area contributed by atoms with Crippen LogP contribution in [0.15, 0.2) is 27.1 Å². The van der Waals surface area contributed by atoms with Crippen LogP contribution in [0.3, 0.4) is 0 Å². The standard InChI is InChI=1S/C15H21Br2NO2/c1-11-3-2-6-18(8-11)9-13(19)10-20-15-5-4-12(16)7-14(15)17/h4-5,7,11,13,19H,2-3,6,8-10H2,1H3/t11-,13-/m0/s1. The van der Waals surface area contributed by atoms with Gasteiger partial charge in [0.1, 0.15) is 18.5 Å². The van der Waals surface area contributed by atoms with E-state index in [9.17, 15) is 5.11 Å². The fourth-order valence-corrected chi connectivity index (χ4v) is 3.74. The van der Waals surface area contributed by atoms with Crippen molar-refractivity contribution in [3.05, 3.63) is 27.1 Å². The van der Waals surface area contributed by atoms with E-state index in [1.165, 1.54) is 12.8 Å². The summed E-state index contributed by atoms with van der Waals surface area (Å²) in [6.45, 7) is 5.46. The van der Waals surface area contributed by atoms with E-state index in [0.717, 1.165) is 33.7 Å². The van der Waals surface area contributed by atoms with Crippen molar-refractivity contribution in [3.63, 3.8) is 0 Å². The summed E-state index contributed by atoms with van der Waals surface area (Å²) in [5.74, 6) is 1.50. The number of aliphatic hydroxyl groups is 1. The molecule has 1 aliphatic rings. The second kappa shape index (κ2) is 7.78. The van der Waals surface area contributed by atoms with Crippen LogP contribution < -0.4 is 4.74 Å². The maximum atomic E-state index is 10.1. The maximum absolute atomic E-state index is 10.1. The van der Waals surface area contributed by atoms with Crippen molar-refractivity contribution in [2.75, 3.05) is 26.2 Å². The molecule has 0 amide bonds. The first-order chi connectivity index (χ1) is 9.54. The molecule has 1 aromatic rings. The smallest absolute Gasteiger partial charge is 0.133 e. The van der Waals surface area contributed by atoms with Crippen LogP contribution in [0.25, 0.3) is 0 Å². The van der Waals surface area contributed by atoms with Gasteiger partial charge in [0, 0.05) is 17.6 Å². The third-order valence-electron chi connectivity index (χ3n) is 3.54. The third-order valence-corrected chi connectivity index (χ3v) is 4.65. The Morgan fingerprint density at radius 3 is 2.95 bits per heavy atom. The summed E-state index contributed by atoms with van der Waals surface area (Å²) in [6, 6.07) is 5.76. The third kappa shape index (κ3) is 5.02. The van der Waals surface area contributed by atoms with Crippen molar-refractivity contribution >= 4 is 31.9 Å². The molecule has 1 N–H and O–H groups in total. The number of likely N-dealkylation sites (tertiary alicyclic amines) is 1. The van der Waals surface area contributed by atoms with E-state index in [2.05, 4.69) is 43.7 Å². The van der Waals surface area contributed by atoms with E-state index in [1.54, 1.807) is 0 Å². The Hall–Kier alpha value is -0.100. The van der Waals surface area contributed by atoms with Crippen molar-refractivity contribution in [2.24, 2.45) is 5.92 Å². The lowest BCUT2D eigenvalue weighted by atomic mass is 10.0. The average Bonchev–Trinajstić information content (AvgIpc) is 2.37. The van der Waals surface area contributed by atoms with Gasteiger partial charge in [0.15, 0.2) is 0 Å². The largest absolute Gasteiger partial charge is 0.490 e. The second-order valence-electron chi connectivity index (χ2n) is 5.55. The Labute approximate surface area is 137 Å². The summed E-state index contributed by atoms with van der Waals surface area (Å²) < 4.78 is 7.57. The minimum absolute atomic E-state index is 0.325. The Morgan fingerprint density at radius 2 is 2.25 bits per heavy atom. The lowest BCUT2D eigenvalue weighted by Gasteiger charge is -2.32. The predicted octanol–water partition coefficient (Wildman–Crippen LogP) is 3.68. The highest BCUT2D eigenvalue weighted by Crippen LogP contribution is 2.28. The maximum Gasteiger partial charge on any atom is 0.133 e. The van der Waals surface area contributed by atoms with E-state index in [0.29, 0.717) is 13.2 Å². The molecule has 20 heavy (non-hydrogen) atoms. The number of aliphatic hydroxyl groups excluding tert-OH is 1. The van der Waals surface area contributed by atoms with Crippen LogP contribution in [0.2, 0.25) is 0 Å². The molecule has 0 aromatic heterocycles. The number of ether oxygens (including phenoxy) is 1. The van der Waals surface area contributed by atoms with E-state index in [1.807, 2.05) is 18.2 Å². The van der Waals surface area contributed by atoms with Gasteiger partial charge in [-0.15, -0.1) is 0 Å². The van der Waals surface area contributed by atoms with Crippen LogP contribution >= 0.6 is 31.9 Å². The molecule has 3 nitrogen and oxygen atoms in total. The molecule has 0 spiro atoms. The fourth-order valence-electron chi connectivity index (χ4n) is 2.58. The highest BCUT2D eigenvalue weighted by atomic mass is 79.9. The molecule has 1 saturated heterocycles. The highest BCUT2D eigenvalue weighted by molar-refractivity contribution is 9.11. The first kappa shape index (κ1) is 16.3. The SMILES string of the molecule is C[C@H]1CCCN(C[C@H](O)COc2ccc(Br)cc2Br)C1. The number of benzene rings is 1. The van der Waals surface area contributed by atoms with Crippen molar-refractivity contribution in [1.29, 1.82) is 0 Å². The van der Waals surface area contributed by atoms with Crippen LogP contribution in [0.1, 0.15) is 19.8 Å². The van der Waals surface area contributed by atoms with E-state index in [-0.39, 0.29) is 0 Å². The Bertz CT molecular complexity index is 442. The van der Waals surface area contributed by atoms with Gasteiger partial charge in [-0.05, 0) is 59.4 Å². The van der Waals surface area contributed by atoms with E-state index in [4.69, 9.17) is 4.74 Å². The summed E-state index contributed by atoms with van der Waals surface area (Å²) in [7, 11) is 0. The normalized spacial score (nSPS) is 21.7. The molecular formula is C15H21Br2NO2. The van der Waals surface area contributed by atoms with Crippen LogP contribution in [-0.4, -0.2) is 42.4 Å². The van der Waals surface area contributed by atoms with Crippen LogP contribution in [-0.2, 0) is 0 Å². The van der Waals surface area contributed by atoms with Crippen LogP contribution in [0.4, 0.5) is 0 Å². The molecule has 112 valence electrons. The number of nitrogens with zero attached hydrogens (tertiary/aromatic N) is 1. The molecule has 1 fully saturated rings. The zero-order valence-corrected chi connectivity index (χ0v) is 14.9. The van der Waals surface area contributed by atoms with Gasteiger partial charge in [-0.2, -0.15) is 0 Å². The molecule has 1 heterocycles. The zero-order valence-electron chi connectivity index (χ0n) is 11.7. The van der Waals surface area contributed by atoms with Gasteiger partial charge in [0.25, 0.3) is 0 Å². The van der Waals surface area contributed by atoms with Crippen LogP contribution in [0, 0.1) is 5.92 Å².